The zero-order valence-corrected chi connectivity index (χ0v) is 10.9. The van der Waals surface area contributed by atoms with E-state index in [1.165, 1.54) is 18.9 Å². The number of aromatic nitrogens is 2. The number of ether oxygens (including phenoxy) is 1. The van der Waals surface area contributed by atoms with Gasteiger partial charge >= 0.3 is 6.09 Å². The number of imide groups is 1. The number of nitrogens with two attached hydrogens (primary N) is 1. The highest BCUT2D eigenvalue weighted by Crippen LogP contribution is 2.20. The molecule has 0 unspecified atom stereocenters. The number of benzene rings is 1. The van der Waals surface area contributed by atoms with E-state index in [2.05, 4.69) is 20.0 Å². The van der Waals surface area contributed by atoms with Crippen molar-refractivity contribution in [3.8, 4) is 0 Å². The predicted molar refractivity (Wildman–Crippen MR) is 71.8 cm³/mol. The number of alkyl carbamates (subject to hydrolysis) is 1. The number of aromatic amines is 1. The van der Waals surface area contributed by atoms with Crippen LogP contribution in [-0.2, 0) is 9.53 Å². The Morgan fingerprint density at radius 3 is 3.05 bits per heavy atom. The number of fused-ring (bicyclic) bond motifs is 1. The van der Waals surface area contributed by atoms with E-state index >= 15 is 0 Å². The van der Waals surface area contributed by atoms with Crippen molar-refractivity contribution in [1.82, 2.24) is 15.3 Å². The second kappa shape index (κ2) is 5.61. The molecule has 19 heavy (non-hydrogen) atoms. The van der Waals surface area contributed by atoms with E-state index < -0.39 is 12.0 Å². The average molecular weight is 280 g/mol. The number of nitrogen functional groups attached to an aromatic ring is 1. The van der Waals surface area contributed by atoms with E-state index in [1.54, 1.807) is 18.2 Å². The highest BCUT2D eigenvalue weighted by atomic mass is 32.2. The molecule has 0 saturated heterocycles. The van der Waals surface area contributed by atoms with Crippen molar-refractivity contribution in [2.24, 2.45) is 0 Å². The van der Waals surface area contributed by atoms with Crippen molar-refractivity contribution < 1.29 is 14.3 Å². The van der Waals surface area contributed by atoms with Crippen LogP contribution in [0.1, 0.15) is 0 Å². The molecule has 0 saturated carbocycles. The first-order chi connectivity index (χ1) is 9.08. The average Bonchev–Trinajstić information content (AvgIpc) is 2.78. The van der Waals surface area contributed by atoms with Crippen molar-refractivity contribution in [3.05, 3.63) is 18.2 Å². The number of rotatable bonds is 3. The van der Waals surface area contributed by atoms with Crippen LogP contribution in [0.5, 0.6) is 0 Å². The predicted octanol–water partition coefficient (Wildman–Crippen LogP) is 1.12. The molecule has 1 aromatic carbocycles. The van der Waals surface area contributed by atoms with Gasteiger partial charge in [-0.05, 0) is 18.2 Å². The summed E-state index contributed by atoms with van der Waals surface area (Å²) in [6.07, 6.45) is -0.775. The number of amides is 2. The summed E-state index contributed by atoms with van der Waals surface area (Å²) >= 11 is 1.19. The fourth-order valence-corrected chi connectivity index (χ4v) is 2.09. The molecule has 0 bridgehead atoms. The number of thioether (sulfide) groups is 1. The van der Waals surface area contributed by atoms with E-state index in [0.717, 1.165) is 11.0 Å². The van der Waals surface area contributed by atoms with Crippen LogP contribution in [0, 0.1) is 0 Å². The van der Waals surface area contributed by atoms with Crippen LogP contribution in [0.4, 0.5) is 10.5 Å². The van der Waals surface area contributed by atoms with Crippen molar-refractivity contribution in [3.63, 3.8) is 0 Å². The minimum absolute atomic E-state index is 0.0599. The molecule has 100 valence electrons. The van der Waals surface area contributed by atoms with E-state index in [9.17, 15) is 9.59 Å². The second-order valence-corrected chi connectivity index (χ2v) is 4.61. The van der Waals surface area contributed by atoms with Gasteiger partial charge in [0.2, 0.25) is 5.91 Å². The van der Waals surface area contributed by atoms with Crippen molar-refractivity contribution in [2.75, 3.05) is 18.6 Å². The lowest BCUT2D eigenvalue weighted by Crippen LogP contribution is -2.31. The number of hydrogen-bond donors (Lipinski definition) is 3. The maximum Gasteiger partial charge on any atom is 0.413 e. The molecule has 1 aromatic heterocycles. The largest absolute Gasteiger partial charge is 0.453 e. The van der Waals surface area contributed by atoms with Crippen LogP contribution in [0.3, 0.4) is 0 Å². The van der Waals surface area contributed by atoms with E-state index in [1.807, 2.05) is 0 Å². The molecule has 0 radical (unpaired) electrons. The number of imidazole rings is 1. The lowest BCUT2D eigenvalue weighted by Gasteiger charge is -2.00. The van der Waals surface area contributed by atoms with Gasteiger partial charge in [0.25, 0.3) is 0 Å². The molecule has 1 heterocycles. The monoisotopic (exact) mass is 280 g/mol. The maximum absolute atomic E-state index is 11.4. The number of carbonyl (C=O) groups excluding carboxylic acids is 2. The van der Waals surface area contributed by atoms with Gasteiger partial charge < -0.3 is 15.5 Å². The van der Waals surface area contributed by atoms with Crippen LogP contribution in [0.2, 0.25) is 0 Å². The third-order valence-electron chi connectivity index (χ3n) is 2.25. The zero-order valence-electron chi connectivity index (χ0n) is 10.1. The second-order valence-electron chi connectivity index (χ2n) is 3.65. The Hall–Kier alpha value is -2.22. The Bertz CT molecular complexity index is 625. The number of nitrogens with one attached hydrogen (secondary N) is 2. The van der Waals surface area contributed by atoms with Gasteiger partial charge in [0, 0.05) is 5.69 Å². The molecule has 7 nitrogen and oxygen atoms in total. The Kier molecular flexibility index (Phi) is 3.91. The van der Waals surface area contributed by atoms with Crippen LogP contribution >= 0.6 is 11.8 Å². The normalized spacial score (nSPS) is 10.4. The van der Waals surface area contributed by atoms with Crippen LogP contribution < -0.4 is 11.1 Å². The molecule has 0 aliphatic carbocycles. The molecular weight excluding hydrogens is 268 g/mol. The molecule has 2 rings (SSSR count). The Balaban J connectivity index is 1.98. The summed E-state index contributed by atoms with van der Waals surface area (Å²) in [4.78, 5) is 29.5. The van der Waals surface area contributed by atoms with Crippen LogP contribution in [-0.4, -0.2) is 34.8 Å². The number of hydrogen-bond acceptors (Lipinski definition) is 6. The number of methoxy groups -OCH3 is 1. The summed E-state index contributed by atoms with van der Waals surface area (Å²) in [5.74, 6) is -0.387. The van der Waals surface area contributed by atoms with Gasteiger partial charge in [-0.2, -0.15) is 0 Å². The highest BCUT2D eigenvalue weighted by molar-refractivity contribution is 7.99. The molecule has 0 atom stereocenters. The fourth-order valence-electron chi connectivity index (χ4n) is 1.41. The van der Waals surface area contributed by atoms with Gasteiger partial charge in [-0.25, -0.2) is 9.78 Å². The third kappa shape index (κ3) is 3.38. The molecule has 4 N–H and O–H groups in total. The van der Waals surface area contributed by atoms with Gasteiger partial charge in [-0.15, -0.1) is 0 Å². The van der Waals surface area contributed by atoms with Crippen LogP contribution in [0.25, 0.3) is 11.0 Å². The van der Waals surface area contributed by atoms with Crippen molar-refractivity contribution >= 4 is 40.5 Å². The number of nitrogens with zero attached hydrogens (tertiary/aromatic N) is 1. The summed E-state index contributed by atoms with van der Waals surface area (Å²) in [6.45, 7) is 0. The fraction of sp³-hybridized carbons (Fsp3) is 0.182. The minimum atomic E-state index is -0.775. The first-order valence-electron chi connectivity index (χ1n) is 5.34. The lowest BCUT2D eigenvalue weighted by molar-refractivity contribution is -0.117. The first-order valence-corrected chi connectivity index (χ1v) is 6.33. The van der Waals surface area contributed by atoms with Crippen molar-refractivity contribution in [1.29, 1.82) is 0 Å². The Morgan fingerprint density at radius 1 is 1.53 bits per heavy atom. The topological polar surface area (TPSA) is 110 Å². The molecular formula is C11H12N4O3S. The van der Waals surface area contributed by atoms with E-state index in [0.29, 0.717) is 10.8 Å². The molecule has 2 aromatic rings. The SMILES string of the molecule is COC(=O)NC(=O)CSc1nc2ccc(N)cc2[nH]1. The van der Waals surface area contributed by atoms with Gasteiger partial charge in [0.05, 0.1) is 23.9 Å². The molecule has 8 heteroatoms. The molecule has 0 spiro atoms. The van der Waals surface area contributed by atoms with Gasteiger partial charge in [0.15, 0.2) is 5.16 Å². The number of anilines is 1. The standard InChI is InChI=1S/C11H12N4O3S/c1-18-11(17)15-9(16)5-19-10-13-7-3-2-6(12)4-8(7)14-10/h2-4H,5,12H2,1H3,(H,13,14)(H,15,16,17). The summed E-state index contributed by atoms with van der Waals surface area (Å²) in [6, 6.07) is 5.31. The summed E-state index contributed by atoms with van der Waals surface area (Å²) in [5.41, 5.74) is 7.86. The smallest absolute Gasteiger partial charge is 0.413 e. The number of H-pyrrole nitrogens is 1. The van der Waals surface area contributed by atoms with E-state index in [4.69, 9.17) is 5.73 Å². The Morgan fingerprint density at radius 2 is 2.32 bits per heavy atom. The minimum Gasteiger partial charge on any atom is -0.453 e. The molecule has 0 aliphatic heterocycles. The lowest BCUT2D eigenvalue weighted by atomic mass is 10.3. The third-order valence-corrected chi connectivity index (χ3v) is 3.12. The first kappa shape index (κ1) is 13.2. The molecule has 0 fully saturated rings. The van der Waals surface area contributed by atoms with Gasteiger partial charge in [-0.1, -0.05) is 11.8 Å². The quantitative estimate of drug-likeness (QED) is 0.574. The van der Waals surface area contributed by atoms with Crippen LogP contribution in [0.15, 0.2) is 23.4 Å². The van der Waals surface area contributed by atoms with Gasteiger partial charge in [0.1, 0.15) is 0 Å². The number of carbonyl (C=O) groups is 2. The highest BCUT2D eigenvalue weighted by Gasteiger charge is 2.10. The summed E-state index contributed by atoms with van der Waals surface area (Å²) < 4.78 is 4.32. The van der Waals surface area contributed by atoms with Crippen molar-refractivity contribution in [2.45, 2.75) is 5.16 Å². The maximum atomic E-state index is 11.4. The van der Waals surface area contributed by atoms with E-state index in [-0.39, 0.29) is 5.75 Å². The Labute approximate surface area is 112 Å². The van der Waals surface area contributed by atoms with Gasteiger partial charge in [-0.3, -0.25) is 10.1 Å². The molecule has 0 aliphatic rings. The molecule has 2 amide bonds. The zero-order chi connectivity index (χ0) is 13.8. The summed E-state index contributed by atoms with van der Waals surface area (Å²) in [7, 11) is 1.19. The summed E-state index contributed by atoms with van der Waals surface area (Å²) in [5, 5.41) is 2.64.